The van der Waals surface area contributed by atoms with E-state index in [1.165, 1.54) is 12.8 Å². The van der Waals surface area contributed by atoms with Gasteiger partial charge in [0.15, 0.2) is 5.60 Å². The van der Waals surface area contributed by atoms with E-state index in [-0.39, 0.29) is 11.8 Å². The number of aryl methyl sites for hydroxylation is 1. The molecule has 1 aliphatic carbocycles. The minimum absolute atomic E-state index is 0.00706. The second kappa shape index (κ2) is 6.97. The maximum atomic E-state index is 13.6. The minimum Gasteiger partial charge on any atom is -0.361 e. The Hall–Kier alpha value is -2.25. The van der Waals surface area contributed by atoms with Gasteiger partial charge in [0.05, 0.1) is 12.8 Å². The Kier molecular flexibility index (Phi) is 4.44. The topological polar surface area (TPSA) is 63.5 Å². The highest BCUT2D eigenvalue weighted by molar-refractivity contribution is 5.88. The zero-order valence-electron chi connectivity index (χ0n) is 16.3. The number of hydrogen-bond donors (Lipinski definition) is 0. The van der Waals surface area contributed by atoms with E-state index in [0.717, 1.165) is 30.8 Å². The average molecular weight is 381 g/mol. The number of likely N-dealkylation sites (tertiary alicyclic amines) is 1. The van der Waals surface area contributed by atoms with Crippen molar-refractivity contribution in [2.45, 2.75) is 30.9 Å². The highest BCUT2D eigenvalue weighted by atomic mass is 16.5. The van der Waals surface area contributed by atoms with Gasteiger partial charge in [0, 0.05) is 69.8 Å². The summed E-state index contributed by atoms with van der Waals surface area (Å²) >= 11 is 0. The van der Waals surface area contributed by atoms with E-state index in [9.17, 15) is 4.79 Å². The number of nitrogens with zero attached hydrogens (tertiary/aromatic N) is 5. The van der Waals surface area contributed by atoms with E-state index in [1.54, 1.807) is 6.20 Å². The fourth-order valence-electron chi connectivity index (χ4n) is 4.72. The van der Waals surface area contributed by atoms with Crippen molar-refractivity contribution in [2.24, 2.45) is 13.0 Å². The number of amides is 1. The van der Waals surface area contributed by atoms with Crippen molar-refractivity contribution in [1.82, 2.24) is 24.6 Å². The van der Waals surface area contributed by atoms with Gasteiger partial charge >= 0.3 is 0 Å². The third kappa shape index (κ3) is 3.22. The molecule has 3 fully saturated rings. The fraction of sp³-hybridized carbons (Fsp3) is 0.571. The van der Waals surface area contributed by atoms with Crippen LogP contribution in [0.3, 0.4) is 0 Å². The van der Waals surface area contributed by atoms with E-state index in [0.29, 0.717) is 25.6 Å². The summed E-state index contributed by atoms with van der Waals surface area (Å²) in [5.74, 6) is 0.837. The molecule has 7 heteroatoms. The molecule has 4 heterocycles. The van der Waals surface area contributed by atoms with Gasteiger partial charge in [-0.05, 0) is 30.4 Å². The van der Waals surface area contributed by atoms with Crippen LogP contribution in [-0.4, -0.2) is 68.9 Å². The standard InChI is InChI=1S/C21H27N5O2/c1-24-11-17(9-23-24)12-25-14-19(18-3-2-6-22-10-18)21(15-25)20(27)26(7-8-28-21)13-16-4-5-16/h2-3,6,9-11,16,19H,4-5,7-8,12-15H2,1H3/t19-,21-/m0/s1. The lowest BCUT2D eigenvalue weighted by Crippen LogP contribution is -2.60. The van der Waals surface area contributed by atoms with Crippen molar-refractivity contribution >= 4 is 5.91 Å². The fourth-order valence-corrected chi connectivity index (χ4v) is 4.72. The van der Waals surface area contributed by atoms with Crippen molar-refractivity contribution < 1.29 is 9.53 Å². The SMILES string of the molecule is Cn1cc(CN2C[C@@H](c3cccnc3)[C@]3(C2)OCCN(CC2CC2)C3=O)cn1. The van der Waals surface area contributed by atoms with Crippen LogP contribution in [0.15, 0.2) is 36.9 Å². The average Bonchev–Trinajstić information content (AvgIpc) is 3.32. The lowest BCUT2D eigenvalue weighted by molar-refractivity contribution is -0.172. The molecule has 0 aromatic carbocycles. The molecular formula is C21H27N5O2. The van der Waals surface area contributed by atoms with Crippen molar-refractivity contribution in [2.75, 3.05) is 32.8 Å². The predicted molar refractivity (Wildman–Crippen MR) is 103 cm³/mol. The quantitative estimate of drug-likeness (QED) is 0.784. The smallest absolute Gasteiger partial charge is 0.256 e. The van der Waals surface area contributed by atoms with Gasteiger partial charge in [-0.3, -0.25) is 19.4 Å². The van der Waals surface area contributed by atoms with Crippen LogP contribution in [0.1, 0.15) is 29.9 Å². The van der Waals surface area contributed by atoms with Gasteiger partial charge in [-0.25, -0.2) is 0 Å². The first-order valence-electron chi connectivity index (χ1n) is 10.2. The number of ether oxygens (including phenoxy) is 1. The Morgan fingerprint density at radius 3 is 2.93 bits per heavy atom. The molecule has 2 aliphatic heterocycles. The number of rotatable bonds is 5. The number of hydrogen-bond acceptors (Lipinski definition) is 5. The zero-order valence-corrected chi connectivity index (χ0v) is 16.3. The molecule has 2 saturated heterocycles. The summed E-state index contributed by atoms with van der Waals surface area (Å²) in [5.41, 5.74) is 1.43. The minimum atomic E-state index is -0.807. The first-order valence-corrected chi connectivity index (χ1v) is 10.2. The monoisotopic (exact) mass is 381 g/mol. The number of aromatic nitrogens is 3. The number of carbonyl (C=O) groups is 1. The molecule has 0 bridgehead atoms. The van der Waals surface area contributed by atoms with Crippen LogP contribution in [0.5, 0.6) is 0 Å². The molecule has 2 atom stereocenters. The highest BCUT2D eigenvalue weighted by Gasteiger charge is 2.57. The van der Waals surface area contributed by atoms with Crippen LogP contribution in [0.2, 0.25) is 0 Å². The third-order valence-electron chi connectivity index (χ3n) is 6.26. The second-order valence-corrected chi connectivity index (χ2v) is 8.46. The molecule has 5 rings (SSSR count). The summed E-state index contributed by atoms with van der Waals surface area (Å²) in [6.45, 7) is 4.36. The Balaban J connectivity index is 1.44. The zero-order chi connectivity index (χ0) is 19.1. The van der Waals surface area contributed by atoms with Crippen LogP contribution in [-0.2, 0) is 23.1 Å². The summed E-state index contributed by atoms with van der Waals surface area (Å²) in [6.07, 6.45) is 10.1. The summed E-state index contributed by atoms with van der Waals surface area (Å²) in [6, 6.07) is 4.02. The van der Waals surface area contributed by atoms with Crippen LogP contribution in [0, 0.1) is 5.92 Å². The van der Waals surface area contributed by atoms with Gasteiger partial charge in [0.1, 0.15) is 0 Å². The van der Waals surface area contributed by atoms with Crippen LogP contribution in [0.25, 0.3) is 0 Å². The lowest BCUT2D eigenvalue weighted by atomic mass is 9.83. The van der Waals surface area contributed by atoms with Gasteiger partial charge in [-0.15, -0.1) is 0 Å². The van der Waals surface area contributed by atoms with Crippen molar-refractivity contribution in [1.29, 1.82) is 0 Å². The molecule has 28 heavy (non-hydrogen) atoms. The van der Waals surface area contributed by atoms with Crippen LogP contribution >= 0.6 is 0 Å². The molecule has 2 aromatic heterocycles. The summed E-state index contributed by atoms with van der Waals surface area (Å²) < 4.78 is 8.15. The summed E-state index contributed by atoms with van der Waals surface area (Å²) in [7, 11) is 1.93. The third-order valence-corrected chi connectivity index (χ3v) is 6.26. The Labute approximate surface area is 165 Å². The van der Waals surface area contributed by atoms with E-state index < -0.39 is 5.60 Å². The number of carbonyl (C=O) groups excluding carboxylic acids is 1. The maximum absolute atomic E-state index is 13.6. The van der Waals surface area contributed by atoms with Gasteiger partial charge in [-0.1, -0.05) is 6.07 Å². The van der Waals surface area contributed by atoms with Crippen LogP contribution in [0.4, 0.5) is 0 Å². The molecule has 0 unspecified atom stereocenters. The molecule has 7 nitrogen and oxygen atoms in total. The molecule has 1 spiro atoms. The normalized spacial score (nSPS) is 28.4. The highest BCUT2D eigenvalue weighted by Crippen LogP contribution is 2.43. The van der Waals surface area contributed by atoms with E-state index >= 15 is 0 Å². The molecule has 3 aliphatic rings. The van der Waals surface area contributed by atoms with Crippen molar-refractivity contribution in [3.8, 4) is 0 Å². The predicted octanol–water partition coefficient (Wildman–Crippen LogP) is 1.42. The summed E-state index contributed by atoms with van der Waals surface area (Å²) in [5, 5.41) is 4.28. The number of morpholine rings is 1. The molecule has 2 aromatic rings. The Morgan fingerprint density at radius 2 is 2.21 bits per heavy atom. The number of pyridine rings is 1. The lowest BCUT2D eigenvalue weighted by Gasteiger charge is -2.42. The molecule has 1 amide bonds. The van der Waals surface area contributed by atoms with Crippen LogP contribution < -0.4 is 0 Å². The van der Waals surface area contributed by atoms with Gasteiger partial charge in [0.2, 0.25) is 0 Å². The second-order valence-electron chi connectivity index (χ2n) is 8.46. The molecule has 1 saturated carbocycles. The van der Waals surface area contributed by atoms with Gasteiger partial charge in [0.25, 0.3) is 5.91 Å². The van der Waals surface area contributed by atoms with E-state index in [2.05, 4.69) is 25.9 Å². The van der Waals surface area contributed by atoms with Crippen molar-refractivity contribution in [3.05, 3.63) is 48.0 Å². The molecule has 0 N–H and O–H groups in total. The van der Waals surface area contributed by atoms with E-state index in [4.69, 9.17) is 4.74 Å². The maximum Gasteiger partial charge on any atom is 0.256 e. The van der Waals surface area contributed by atoms with Gasteiger partial charge in [-0.2, -0.15) is 5.10 Å². The largest absolute Gasteiger partial charge is 0.361 e. The molecule has 148 valence electrons. The Morgan fingerprint density at radius 1 is 1.32 bits per heavy atom. The summed E-state index contributed by atoms with van der Waals surface area (Å²) in [4.78, 5) is 22.3. The van der Waals surface area contributed by atoms with Gasteiger partial charge < -0.3 is 9.64 Å². The van der Waals surface area contributed by atoms with E-state index in [1.807, 2.05) is 36.4 Å². The molecule has 0 radical (unpaired) electrons. The first kappa shape index (κ1) is 17.8. The Bertz CT molecular complexity index is 849. The first-order chi connectivity index (χ1) is 13.6. The molecular weight excluding hydrogens is 354 g/mol. The van der Waals surface area contributed by atoms with Crippen molar-refractivity contribution in [3.63, 3.8) is 0 Å².